The van der Waals surface area contributed by atoms with Crippen molar-refractivity contribution in [1.29, 1.82) is 0 Å². The fourth-order valence-corrected chi connectivity index (χ4v) is 1.90. The van der Waals surface area contributed by atoms with Crippen molar-refractivity contribution in [2.75, 3.05) is 0 Å². The van der Waals surface area contributed by atoms with Crippen LogP contribution >= 0.6 is 23.8 Å². The molecule has 0 aliphatic heterocycles. The molecule has 2 N–H and O–H groups in total. The molecule has 20 heavy (non-hydrogen) atoms. The Hall–Kier alpha value is -1.65. The Morgan fingerprint density at radius 1 is 0.900 bits per heavy atom. The van der Waals surface area contributed by atoms with Gasteiger partial charge in [0.25, 0.3) is 0 Å². The van der Waals surface area contributed by atoms with Crippen molar-refractivity contribution in [2.45, 2.75) is 13.1 Å². The lowest BCUT2D eigenvalue weighted by Gasteiger charge is -2.10. The molecule has 0 spiro atoms. The second kappa shape index (κ2) is 7.22. The molecule has 0 amide bonds. The van der Waals surface area contributed by atoms with Crippen molar-refractivity contribution in [3.63, 3.8) is 0 Å². The Balaban J connectivity index is 1.75. The maximum Gasteiger partial charge on any atom is 0.166 e. The topological polar surface area (TPSA) is 24.1 Å². The van der Waals surface area contributed by atoms with Gasteiger partial charge in [-0.05, 0) is 47.6 Å². The lowest BCUT2D eigenvalue weighted by Crippen LogP contribution is -2.34. The quantitative estimate of drug-likeness (QED) is 0.843. The van der Waals surface area contributed by atoms with Gasteiger partial charge in [0.15, 0.2) is 5.11 Å². The third-order valence-corrected chi connectivity index (χ3v) is 3.27. The summed E-state index contributed by atoms with van der Waals surface area (Å²) in [4.78, 5) is 0. The lowest BCUT2D eigenvalue weighted by atomic mass is 10.2. The molecule has 0 saturated heterocycles. The largest absolute Gasteiger partial charge is 0.359 e. The summed E-state index contributed by atoms with van der Waals surface area (Å²) < 4.78 is 12.8. The van der Waals surface area contributed by atoms with Gasteiger partial charge >= 0.3 is 0 Å². The molecule has 104 valence electrons. The lowest BCUT2D eigenvalue weighted by molar-refractivity contribution is 0.626. The van der Waals surface area contributed by atoms with E-state index in [1.165, 1.54) is 12.1 Å². The average Bonchev–Trinajstić information content (AvgIpc) is 2.46. The van der Waals surface area contributed by atoms with E-state index < -0.39 is 0 Å². The van der Waals surface area contributed by atoms with Gasteiger partial charge in [0.1, 0.15) is 5.82 Å². The van der Waals surface area contributed by atoms with Gasteiger partial charge < -0.3 is 10.6 Å². The molecule has 5 heteroatoms. The summed E-state index contributed by atoms with van der Waals surface area (Å²) in [6, 6.07) is 13.9. The van der Waals surface area contributed by atoms with Gasteiger partial charge in [-0.15, -0.1) is 0 Å². The van der Waals surface area contributed by atoms with Crippen molar-refractivity contribution in [2.24, 2.45) is 0 Å². The summed E-state index contributed by atoms with van der Waals surface area (Å²) in [7, 11) is 0. The van der Waals surface area contributed by atoms with E-state index in [1.54, 1.807) is 12.1 Å². The molecular formula is C15H14ClFN2S. The molecule has 0 heterocycles. The zero-order chi connectivity index (χ0) is 14.4. The van der Waals surface area contributed by atoms with Crippen LogP contribution in [0.1, 0.15) is 11.1 Å². The van der Waals surface area contributed by atoms with E-state index in [0.29, 0.717) is 23.2 Å². The van der Waals surface area contributed by atoms with E-state index in [-0.39, 0.29) is 5.82 Å². The van der Waals surface area contributed by atoms with Crippen LogP contribution in [0.3, 0.4) is 0 Å². The SMILES string of the molecule is Fc1ccc(CNC(=S)NCc2ccc(Cl)cc2)cc1. The molecule has 2 aromatic rings. The van der Waals surface area contributed by atoms with Crippen LogP contribution in [-0.4, -0.2) is 5.11 Å². The smallest absolute Gasteiger partial charge is 0.166 e. The predicted octanol–water partition coefficient (Wildman–Crippen LogP) is 3.64. The van der Waals surface area contributed by atoms with E-state index in [4.69, 9.17) is 23.8 Å². The zero-order valence-corrected chi connectivity index (χ0v) is 12.3. The maximum absolute atomic E-state index is 12.8. The van der Waals surface area contributed by atoms with Crippen LogP contribution in [0.2, 0.25) is 5.02 Å². The molecule has 2 nitrogen and oxygen atoms in total. The van der Waals surface area contributed by atoms with Crippen molar-refractivity contribution < 1.29 is 4.39 Å². The number of thiocarbonyl (C=S) groups is 1. The fourth-order valence-electron chi connectivity index (χ4n) is 1.63. The first kappa shape index (κ1) is 14.8. The van der Waals surface area contributed by atoms with Crippen LogP contribution < -0.4 is 10.6 Å². The highest BCUT2D eigenvalue weighted by atomic mass is 35.5. The number of rotatable bonds is 4. The Labute approximate surface area is 128 Å². The summed E-state index contributed by atoms with van der Waals surface area (Å²) in [5, 5.41) is 7.45. The molecular weight excluding hydrogens is 295 g/mol. The minimum Gasteiger partial charge on any atom is -0.359 e. The van der Waals surface area contributed by atoms with Gasteiger partial charge in [-0.2, -0.15) is 0 Å². The first-order chi connectivity index (χ1) is 9.63. The Bertz CT molecular complexity index is 518. The number of benzene rings is 2. The second-order valence-electron chi connectivity index (χ2n) is 4.29. The molecule has 0 unspecified atom stereocenters. The van der Waals surface area contributed by atoms with Crippen LogP contribution in [-0.2, 0) is 13.1 Å². The van der Waals surface area contributed by atoms with Crippen LogP contribution in [0.4, 0.5) is 4.39 Å². The summed E-state index contributed by atoms with van der Waals surface area (Å²) in [5.41, 5.74) is 2.07. The van der Waals surface area contributed by atoms with Crippen LogP contribution in [0.15, 0.2) is 48.5 Å². The predicted molar refractivity (Wildman–Crippen MR) is 84.1 cm³/mol. The molecule has 0 bridgehead atoms. The summed E-state index contributed by atoms with van der Waals surface area (Å²) >= 11 is 11.0. The zero-order valence-electron chi connectivity index (χ0n) is 10.7. The third kappa shape index (κ3) is 4.79. The van der Waals surface area contributed by atoms with E-state index in [0.717, 1.165) is 11.1 Å². The summed E-state index contributed by atoms with van der Waals surface area (Å²) in [6.45, 7) is 1.19. The number of nitrogens with one attached hydrogen (secondary N) is 2. The minimum atomic E-state index is -0.239. The molecule has 0 fully saturated rings. The van der Waals surface area contributed by atoms with Gasteiger partial charge in [-0.1, -0.05) is 35.9 Å². The monoisotopic (exact) mass is 308 g/mol. The first-order valence-corrected chi connectivity index (χ1v) is 6.93. The molecule has 0 saturated carbocycles. The molecule has 0 aliphatic rings. The van der Waals surface area contributed by atoms with Crippen molar-refractivity contribution in [3.05, 3.63) is 70.5 Å². The fraction of sp³-hybridized carbons (Fsp3) is 0.133. The first-order valence-electron chi connectivity index (χ1n) is 6.14. The van der Waals surface area contributed by atoms with Gasteiger partial charge in [-0.3, -0.25) is 0 Å². The summed E-state index contributed by atoms with van der Waals surface area (Å²) in [5.74, 6) is -0.239. The van der Waals surface area contributed by atoms with Crippen LogP contribution in [0, 0.1) is 5.82 Å². The Kier molecular flexibility index (Phi) is 5.32. The van der Waals surface area contributed by atoms with Crippen molar-refractivity contribution in [3.8, 4) is 0 Å². The molecule has 0 aromatic heterocycles. The highest BCUT2D eigenvalue weighted by Crippen LogP contribution is 2.09. The molecule has 2 aromatic carbocycles. The summed E-state index contributed by atoms with van der Waals surface area (Å²) in [6.07, 6.45) is 0. The van der Waals surface area contributed by atoms with Gasteiger partial charge in [0.05, 0.1) is 0 Å². The van der Waals surface area contributed by atoms with E-state index in [9.17, 15) is 4.39 Å². The Morgan fingerprint density at radius 3 is 1.85 bits per heavy atom. The number of hydrogen-bond acceptors (Lipinski definition) is 1. The van der Waals surface area contributed by atoms with Gasteiger partial charge in [0.2, 0.25) is 0 Å². The van der Waals surface area contributed by atoms with Crippen molar-refractivity contribution in [1.82, 2.24) is 10.6 Å². The van der Waals surface area contributed by atoms with E-state index in [2.05, 4.69) is 10.6 Å². The van der Waals surface area contributed by atoms with Gasteiger partial charge in [-0.25, -0.2) is 4.39 Å². The molecule has 0 atom stereocenters. The highest BCUT2D eigenvalue weighted by molar-refractivity contribution is 7.80. The third-order valence-electron chi connectivity index (χ3n) is 2.73. The average molecular weight is 309 g/mol. The number of hydrogen-bond donors (Lipinski definition) is 2. The van der Waals surface area contributed by atoms with Crippen LogP contribution in [0.25, 0.3) is 0 Å². The van der Waals surface area contributed by atoms with E-state index >= 15 is 0 Å². The highest BCUT2D eigenvalue weighted by Gasteiger charge is 1.98. The normalized spacial score (nSPS) is 10.1. The van der Waals surface area contributed by atoms with E-state index in [1.807, 2.05) is 24.3 Å². The number of halogens is 2. The molecule has 2 rings (SSSR count). The van der Waals surface area contributed by atoms with Crippen LogP contribution in [0.5, 0.6) is 0 Å². The maximum atomic E-state index is 12.8. The van der Waals surface area contributed by atoms with Gasteiger partial charge in [0, 0.05) is 18.1 Å². The molecule has 0 aliphatic carbocycles. The second-order valence-corrected chi connectivity index (χ2v) is 5.13. The Morgan fingerprint density at radius 2 is 1.35 bits per heavy atom. The minimum absolute atomic E-state index is 0.239. The molecule has 0 radical (unpaired) electrons. The van der Waals surface area contributed by atoms with Crippen molar-refractivity contribution >= 4 is 28.9 Å². The standard InChI is InChI=1S/C15H14ClFN2S/c16-13-5-1-11(2-6-13)9-18-15(20)19-10-12-3-7-14(17)8-4-12/h1-8H,9-10H2,(H2,18,19,20).